The lowest BCUT2D eigenvalue weighted by Crippen LogP contribution is -2.41. The molecule has 5 heteroatoms. The Hall–Kier alpha value is -0.840. The maximum absolute atomic E-state index is 11.8. The minimum Gasteiger partial charge on any atom is -0.409 e. The first-order valence-corrected chi connectivity index (χ1v) is 3.87. The Labute approximate surface area is 71.8 Å². The second-order valence-electron chi connectivity index (χ2n) is 2.72. The number of hydrogen-bond acceptors (Lipinski definition) is 3. The van der Waals surface area contributed by atoms with E-state index in [4.69, 9.17) is 10.9 Å². The Morgan fingerprint density at radius 2 is 2.33 bits per heavy atom. The zero-order valence-electron chi connectivity index (χ0n) is 7.50. The Morgan fingerprint density at radius 1 is 1.75 bits per heavy atom. The number of oxime groups is 1. The van der Waals surface area contributed by atoms with E-state index in [1.165, 1.54) is 0 Å². The van der Waals surface area contributed by atoms with E-state index in [0.717, 1.165) is 0 Å². The van der Waals surface area contributed by atoms with Gasteiger partial charge in [-0.1, -0.05) is 5.16 Å². The third-order valence-corrected chi connectivity index (χ3v) is 1.85. The molecule has 12 heavy (non-hydrogen) atoms. The Bertz CT molecular complexity index is 152. The predicted molar refractivity (Wildman–Crippen MR) is 46.1 cm³/mol. The SMILES string of the molecule is CC(C(N)=NO)N(C)CCCF. The summed E-state index contributed by atoms with van der Waals surface area (Å²) in [4.78, 5) is 1.83. The summed E-state index contributed by atoms with van der Waals surface area (Å²) < 4.78 is 11.8. The van der Waals surface area contributed by atoms with Crippen molar-refractivity contribution in [3.8, 4) is 0 Å². The van der Waals surface area contributed by atoms with Crippen LogP contribution in [0.1, 0.15) is 13.3 Å². The first kappa shape index (κ1) is 11.2. The van der Waals surface area contributed by atoms with Gasteiger partial charge in [0.2, 0.25) is 0 Å². The number of amidine groups is 1. The molecule has 4 nitrogen and oxygen atoms in total. The van der Waals surface area contributed by atoms with Crippen LogP contribution < -0.4 is 5.73 Å². The van der Waals surface area contributed by atoms with Gasteiger partial charge in [0.05, 0.1) is 12.7 Å². The topological polar surface area (TPSA) is 61.9 Å². The molecule has 1 atom stereocenters. The maximum atomic E-state index is 11.8. The third-order valence-electron chi connectivity index (χ3n) is 1.85. The molecule has 0 radical (unpaired) electrons. The van der Waals surface area contributed by atoms with E-state index < -0.39 is 0 Å². The minimum absolute atomic E-state index is 0.149. The van der Waals surface area contributed by atoms with Gasteiger partial charge in [-0.25, -0.2) is 0 Å². The molecule has 0 bridgehead atoms. The van der Waals surface area contributed by atoms with Crippen LogP contribution in [0.4, 0.5) is 4.39 Å². The second kappa shape index (κ2) is 5.77. The second-order valence-corrected chi connectivity index (χ2v) is 2.72. The Balaban J connectivity index is 3.83. The summed E-state index contributed by atoms with van der Waals surface area (Å²) in [6.45, 7) is 2.06. The van der Waals surface area contributed by atoms with Crippen LogP contribution in [-0.2, 0) is 0 Å². The van der Waals surface area contributed by atoms with E-state index >= 15 is 0 Å². The minimum atomic E-state index is -0.340. The molecule has 0 aromatic rings. The molecule has 0 saturated heterocycles. The van der Waals surface area contributed by atoms with Crippen molar-refractivity contribution in [2.45, 2.75) is 19.4 Å². The van der Waals surface area contributed by atoms with Crippen LogP contribution in [0, 0.1) is 0 Å². The van der Waals surface area contributed by atoms with Crippen molar-refractivity contribution in [3.63, 3.8) is 0 Å². The fourth-order valence-electron chi connectivity index (χ4n) is 0.812. The van der Waals surface area contributed by atoms with Crippen LogP contribution >= 0.6 is 0 Å². The summed E-state index contributed by atoms with van der Waals surface area (Å²) in [5.74, 6) is 0.149. The van der Waals surface area contributed by atoms with E-state index in [9.17, 15) is 4.39 Å². The van der Waals surface area contributed by atoms with Crippen molar-refractivity contribution < 1.29 is 9.60 Å². The summed E-state index contributed by atoms with van der Waals surface area (Å²) in [5, 5.41) is 11.2. The molecule has 0 saturated carbocycles. The molecule has 0 rings (SSSR count). The molecule has 72 valence electrons. The lowest BCUT2D eigenvalue weighted by atomic mass is 10.2. The van der Waals surface area contributed by atoms with Crippen LogP contribution in [0.25, 0.3) is 0 Å². The molecule has 0 fully saturated rings. The Morgan fingerprint density at radius 3 is 2.75 bits per heavy atom. The van der Waals surface area contributed by atoms with E-state index in [2.05, 4.69) is 5.16 Å². The molecule has 0 aliphatic carbocycles. The molecule has 0 aliphatic heterocycles. The van der Waals surface area contributed by atoms with Gasteiger partial charge in [0.1, 0.15) is 0 Å². The average molecular weight is 177 g/mol. The number of nitrogens with two attached hydrogens (primary N) is 1. The molecule has 3 N–H and O–H groups in total. The van der Waals surface area contributed by atoms with Crippen molar-refractivity contribution in [1.29, 1.82) is 0 Å². The van der Waals surface area contributed by atoms with E-state index in [1.54, 1.807) is 14.0 Å². The van der Waals surface area contributed by atoms with Gasteiger partial charge in [0.25, 0.3) is 0 Å². The van der Waals surface area contributed by atoms with Gasteiger partial charge >= 0.3 is 0 Å². The first-order chi connectivity index (χ1) is 5.63. The van der Waals surface area contributed by atoms with Crippen molar-refractivity contribution in [3.05, 3.63) is 0 Å². The highest BCUT2D eigenvalue weighted by Gasteiger charge is 2.12. The van der Waals surface area contributed by atoms with Gasteiger partial charge in [0.15, 0.2) is 5.84 Å². The lowest BCUT2D eigenvalue weighted by molar-refractivity contribution is 0.273. The summed E-state index contributed by atoms with van der Waals surface area (Å²) in [6.07, 6.45) is 0.472. The molecule has 1 unspecified atom stereocenters. The highest BCUT2D eigenvalue weighted by molar-refractivity contribution is 5.84. The molecule has 0 aliphatic rings. The molecule has 0 aromatic heterocycles. The standard InChI is InChI=1S/C7H16FN3O/c1-6(7(9)10-12)11(2)5-3-4-8/h6,12H,3-5H2,1-2H3,(H2,9,10). The predicted octanol–water partition coefficient (Wildman–Crippen LogP) is 0.413. The number of rotatable bonds is 5. The summed E-state index contributed by atoms with van der Waals surface area (Å²) in [5.41, 5.74) is 5.35. The van der Waals surface area contributed by atoms with Crippen molar-refractivity contribution in [2.75, 3.05) is 20.3 Å². The van der Waals surface area contributed by atoms with Crippen LogP contribution in [-0.4, -0.2) is 42.3 Å². The van der Waals surface area contributed by atoms with Gasteiger partial charge in [-0.15, -0.1) is 0 Å². The molecular weight excluding hydrogens is 161 g/mol. The molecule has 0 spiro atoms. The number of hydrogen-bond donors (Lipinski definition) is 2. The quantitative estimate of drug-likeness (QED) is 0.277. The largest absolute Gasteiger partial charge is 0.409 e. The summed E-state index contributed by atoms with van der Waals surface area (Å²) >= 11 is 0. The molecular formula is C7H16FN3O. The Kier molecular flexibility index (Phi) is 5.36. The van der Waals surface area contributed by atoms with Crippen molar-refractivity contribution in [1.82, 2.24) is 4.90 Å². The van der Waals surface area contributed by atoms with Crippen LogP contribution in [0.5, 0.6) is 0 Å². The molecule has 0 amide bonds. The van der Waals surface area contributed by atoms with Crippen LogP contribution in [0.15, 0.2) is 5.16 Å². The smallest absolute Gasteiger partial charge is 0.156 e. The normalized spacial score (nSPS) is 15.2. The van der Waals surface area contributed by atoms with E-state index in [1.807, 2.05) is 4.90 Å². The summed E-state index contributed by atoms with van der Waals surface area (Å²) in [6, 6.07) is -0.151. The zero-order chi connectivity index (χ0) is 9.56. The summed E-state index contributed by atoms with van der Waals surface area (Å²) in [7, 11) is 1.80. The number of likely N-dealkylation sites (N-methyl/N-ethyl adjacent to an activating group) is 1. The fourth-order valence-corrected chi connectivity index (χ4v) is 0.812. The van der Waals surface area contributed by atoms with Crippen molar-refractivity contribution >= 4 is 5.84 Å². The maximum Gasteiger partial charge on any atom is 0.156 e. The highest BCUT2D eigenvalue weighted by Crippen LogP contribution is 1.97. The van der Waals surface area contributed by atoms with Crippen molar-refractivity contribution in [2.24, 2.45) is 10.9 Å². The number of alkyl halides is 1. The zero-order valence-corrected chi connectivity index (χ0v) is 7.50. The molecule has 0 aromatic carbocycles. The highest BCUT2D eigenvalue weighted by atomic mass is 19.1. The third kappa shape index (κ3) is 3.52. The van der Waals surface area contributed by atoms with Gasteiger partial charge in [-0.2, -0.15) is 0 Å². The molecule has 0 heterocycles. The van der Waals surface area contributed by atoms with Gasteiger partial charge in [-0.05, 0) is 20.4 Å². The lowest BCUT2D eigenvalue weighted by Gasteiger charge is -2.22. The van der Waals surface area contributed by atoms with Gasteiger partial charge in [0, 0.05) is 6.54 Å². The fraction of sp³-hybridized carbons (Fsp3) is 0.857. The first-order valence-electron chi connectivity index (χ1n) is 3.87. The monoisotopic (exact) mass is 177 g/mol. The van der Waals surface area contributed by atoms with Gasteiger partial charge in [-0.3, -0.25) is 9.29 Å². The van der Waals surface area contributed by atoms with Crippen LogP contribution in [0.2, 0.25) is 0 Å². The van der Waals surface area contributed by atoms with Gasteiger partial charge < -0.3 is 10.9 Å². The van der Waals surface area contributed by atoms with E-state index in [-0.39, 0.29) is 18.6 Å². The number of nitrogens with zero attached hydrogens (tertiary/aromatic N) is 2. The van der Waals surface area contributed by atoms with Crippen LogP contribution in [0.3, 0.4) is 0 Å². The van der Waals surface area contributed by atoms with E-state index in [0.29, 0.717) is 13.0 Å². The average Bonchev–Trinajstić information content (AvgIpc) is 2.11. The number of halogens is 1.